The summed E-state index contributed by atoms with van der Waals surface area (Å²) in [4.78, 5) is 24.0. The lowest BCUT2D eigenvalue weighted by Crippen LogP contribution is -2.39. The fraction of sp³-hybridized carbons (Fsp3) is 0.412. The molecule has 0 bridgehead atoms. The first-order valence-corrected chi connectivity index (χ1v) is 8.19. The number of hydrogen-bond acceptors (Lipinski definition) is 6. The summed E-state index contributed by atoms with van der Waals surface area (Å²) in [6.45, 7) is 2.49. The van der Waals surface area contributed by atoms with Gasteiger partial charge in [-0.2, -0.15) is 0 Å². The number of hydrogen-bond donors (Lipinski definition) is 4. The highest BCUT2D eigenvalue weighted by Gasteiger charge is 2.26. The number of carbonyl (C=O) groups excluding carboxylic acids is 2. The summed E-state index contributed by atoms with van der Waals surface area (Å²) in [6, 6.07) is 6.88. The molecule has 0 heterocycles. The Morgan fingerprint density at radius 2 is 1.92 bits per heavy atom. The van der Waals surface area contributed by atoms with E-state index in [1.54, 1.807) is 24.3 Å². The maximum atomic E-state index is 12.2. The number of hydrazine groups is 1. The Labute approximate surface area is 147 Å². The minimum absolute atomic E-state index is 0.0176. The summed E-state index contributed by atoms with van der Waals surface area (Å²) in [5.74, 6) is 5.61. The molecule has 1 aromatic rings. The molecule has 0 unspecified atom stereocenters. The Kier molecular flexibility index (Phi) is 6.37. The van der Waals surface area contributed by atoms with Gasteiger partial charge in [-0.05, 0) is 44.0 Å². The predicted molar refractivity (Wildman–Crippen MR) is 95.4 cm³/mol. The lowest BCUT2D eigenvalue weighted by atomic mass is 10.1. The summed E-state index contributed by atoms with van der Waals surface area (Å²) in [5.41, 5.74) is 7.46. The van der Waals surface area contributed by atoms with Crippen LogP contribution in [0.25, 0.3) is 0 Å². The van der Waals surface area contributed by atoms with E-state index < -0.39 is 0 Å². The molecule has 0 atom stereocenters. The van der Waals surface area contributed by atoms with Crippen LogP contribution < -0.4 is 27.2 Å². The van der Waals surface area contributed by atoms with Gasteiger partial charge in [0.05, 0.1) is 18.0 Å². The molecule has 2 rings (SSSR count). The molecule has 1 aliphatic rings. The predicted octanol–water partition coefficient (Wildman–Crippen LogP) is 0.212. The van der Waals surface area contributed by atoms with E-state index in [0.717, 1.165) is 12.8 Å². The van der Waals surface area contributed by atoms with Crippen LogP contribution >= 0.6 is 0 Å². The van der Waals surface area contributed by atoms with Gasteiger partial charge >= 0.3 is 0 Å². The molecule has 0 saturated heterocycles. The van der Waals surface area contributed by atoms with Gasteiger partial charge in [0.25, 0.3) is 11.8 Å². The normalized spacial score (nSPS) is 14.5. The van der Waals surface area contributed by atoms with E-state index in [1.807, 2.05) is 6.92 Å². The number of carbonyl (C=O) groups is 2. The minimum Gasteiger partial charge on any atom is -0.393 e. The van der Waals surface area contributed by atoms with E-state index >= 15 is 0 Å². The highest BCUT2D eigenvalue weighted by atomic mass is 16.5. The molecule has 1 fully saturated rings. The van der Waals surface area contributed by atoms with Gasteiger partial charge in [-0.15, -0.1) is 0 Å². The molecule has 1 aromatic carbocycles. The van der Waals surface area contributed by atoms with Crippen LogP contribution in [0.3, 0.4) is 0 Å². The Morgan fingerprint density at radius 1 is 1.28 bits per heavy atom. The van der Waals surface area contributed by atoms with Crippen LogP contribution in [0.1, 0.15) is 30.1 Å². The zero-order valence-electron chi connectivity index (χ0n) is 14.5. The summed E-state index contributed by atoms with van der Waals surface area (Å²) < 4.78 is 5.13. The molecule has 0 aromatic heterocycles. The smallest absolute Gasteiger partial charge is 0.269 e. The van der Waals surface area contributed by atoms with Crippen molar-refractivity contribution in [1.82, 2.24) is 10.6 Å². The zero-order chi connectivity index (χ0) is 18.4. The van der Waals surface area contributed by atoms with Crippen LogP contribution in [0.4, 0.5) is 5.69 Å². The van der Waals surface area contributed by atoms with Crippen molar-refractivity contribution in [1.29, 1.82) is 0 Å². The average Bonchev–Trinajstić information content (AvgIpc) is 3.42. The fourth-order valence-corrected chi connectivity index (χ4v) is 2.23. The third-order valence-electron chi connectivity index (χ3n) is 3.78. The van der Waals surface area contributed by atoms with Crippen molar-refractivity contribution in [2.75, 3.05) is 25.3 Å². The molecule has 1 saturated carbocycles. The number of benzene rings is 1. The molecule has 6 N–H and O–H groups in total. The Bertz CT molecular complexity index is 653. The van der Waals surface area contributed by atoms with Gasteiger partial charge in [0, 0.05) is 25.3 Å². The average molecular weight is 347 g/mol. The van der Waals surface area contributed by atoms with Gasteiger partial charge in [-0.3, -0.25) is 14.6 Å². The van der Waals surface area contributed by atoms with E-state index in [0.29, 0.717) is 23.5 Å². The molecular weight excluding hydrogens is 322 g/mol. The summed E-state index contributed by atoms with van der Waals surface area (Å²) >= 11 is 0. The SMILES string of the molecule is CCNC(=O)c1ccc(N(N)/C(COC)=C(\N)C(=O)NC2CC2)cc1. The number of rotatable bonds is 8. The van der Waals surface area contributed by atoms with E-state index in [2.05, 4.69) is 10.6 Å². The standard InChI is InChI=1S/C17H25N5O3/c1-3-20-16(23)11-4-8-13(9-5-11)22(19)14(10-25-2)15(18)17(24)21-12-6-7-12/h4-5,8-9,12H,3,6-7,10,18-19H2,1-2H3,(H,20,23)(H,21,24)/b15-14-. The highest BCUT2D eigenvalue weighted by Crippen LogP contribution is 2.21. The molecule has 0 spiro atoms. The maximum absolute atomic E-state index is 12.2. The number of nitrogens with two attached hydrogens (primary N) is 2. The van der Waals surface area contributed by atoms with Crippen molar-refractivity contribution in [2.45, 2.75) is 25.8 Å². The third kappa shape index (κ3) is 4.94. The number of amides is 2. The largest absolute Gasteiger partial charge is 0.393 e. The van der Waals surface area contributed by atoms with Crippen molar-refractivity contribution in [3.8, 4) is 0 Å². The highest BCUT2D eigenvalue weighted by molar-refractivity contribution is 5.95. The topological polar surface area (TPSA) is 123 Å². The molecule has 25 heavy (non-hydrogen) atoms. The quantitative estimate of drug-likeness (QED) is 0.303. The van der Waals surface area contributed by atoms with Gasteiger partial charge in [0.15, 0.2) is 0 Å². The van der Waals surface area contributed by atoms with E-state index in [-0.39, 0.29) is 30.2 Å². The number of anilines is 1. The zero-order valence-corrected chi connectivity index (χ0v) is 14.5. The number of ether oxygens (including phenoxy) is 1. The van der Waals surface area contributed by atoms with Crippen LogP contribution in [0, 0.1) is 0 Å². The Balaban J connectivity index is 2.19. The molecular formula is C17H25N5O3. The molecule has 136 valence electrons. The number of nitrogens with one attached hydrogen (secondary N) is 2. The first kappa shape index (κ1) is 18.8. The van der Waals surface area contributed by atoms with Gasteiger partial charge in [0.2, 0.25) is 0 Å². The molecule has 1 aliphatic carbocycles. The van der Waals surface area contributed by atoms with E-state index in [1.165, 1.54) is 12.1 Å². The first-order chi connectivity index (χ1) is 12.0. The Morgan fingerprint density at radius 3 is 2.44 bits per heavy atom. The van der Waals surface area contributed by atoms with Crippen LogP contribution in [-0.4, -0.2) is 38.1 Å². The lowest BCUT2D eigenvalue weighted by molar-refractivity contribution is -0.117. The van der Waals surface area contributed by atoms with Gasteiger partial charge in [0.1, 0.15) is 5.70 Å². The van der Waals surface area contributed by atoms with E-state index in [4.69, 9.17) is 16.3 Å². The Hall–Kier alpha value is -2.58. The lowest BCUT2D eigenvalue weighted by Gasteiger charge is -2.23. The number of nitrogens with zero attached hydrogens (tertiary/aromatic N) is 1. The minimum atomic E-state index is -0.357. The van der Waals surface area contributed by atoms with Gasteiger partial charge in [-0.1, -0.05) is 0 Å². The van der Waals surface area contributed by atoms with Crippen LogP contribution in [0.15, 0.2) is 35.7 Å². The summed E-state index contributed by atoms with van der Waals surface area (Å²) in [7, 11) is 1.50. The third-order valence-corrected chi connectivity index (χ3v) is 3.78. The number of methoxy groups -OCH3 is 1. The fourth-order valence-electron chi connectivity index (χ4n) is 2.23. The van der Waals surface area contributed by atoms with Crippen LogP contribution in [-0.2, 0) is 9.53 Å². The maximum Gasteiger partial charge on any atom is 0.269 e. The van der Waals surface area contributed by atoms with Crippen LogP contribution in [0.5, 0.6) is 0 Å². The molecule has 0 radical (unpaired) electrons. The summed E-state index contributed by atoms with van der Waals surface area (Å²) in [6.07, 6.45) is 1.93. The van der Waals surface area contributed by atoms with Gasteiger partial charge in [-0.25, -0.2) is 5.84 Å². The molecule has 8 heteroatoms. The van der Waals surface area contributed by atoms with Crippen molar-refractivity contribution >= 4 is 17.5 Å². The van der Waals surface area contributed by atoms with Crippen molar-refractivity contribution in [3.05, 3.63) is 41.2 Å². The first-order valence-electron chi connectivity index (χ1n) is 8.19. The summed E-state index contributed by atoms with van der Waals surface area (Å²) in [5, 5.41) is 6.85. The van der Waals surface area contributed by atoms with Crippen molar-refractivity contribution in [3.63, 3.8) is 0 Å². The van der Waals surface area contributed by atoms with E-state index in [9.17, 15) is 9.59 Å². The second-order valence-electron chi connectivity index (χ2n) is 5.82. The monoisotopic (exact) mass is 347 g/mol. The molecule has 2 amide bonds. The van der Waals surface area contributed by atoms with Gasteiger partial charge < -0.3 is 21.1 Å². The second-order valence-corrected chi connectivity index (χ2v) is 5.82. The van der Waals surface area contributed by atoms with Crippen molar-refractivity contribution in [2.24, 2.45) is 11.6 Å². The molecule has 0 aliphatic heterocycles. The second kappa shape index (κ2) is 8.50. The molecule has 8 nitrogen and oxygen atoms in total. The van der Waals surface area contributed by atoms with Crippen LogP contribution in [0.2, 0.25) is 0 Å². The van der Waals surface area contributed by atoms with Crippen molar-refractivity contribution < 1.29 is 14.3 Å².